The molecule has 0 radical (unpaired) electrons. The fourth-order valence-electron chi connectivity index (χ4n) is 0.231. The van der Waals surface area contributed by atoms with E-state index in [1.165, 1.54) is 0 Å². The van der Waals surface area contributed by atoms with Crippen molar-refractivity contribution in [3.05, 3.63) is 0 Å². The van der Waals surface area contributed by atoms with Gasteiger partial charge in [0.25, 0.3) is 0 Å². The summed E-state index contributed by atoms with van der Waals surface area (Å²) in [5.41, 5.74) is 0. The highest BCUT2D eigenvalue weighted by molar-refractivity contribution is 7.89. The van der Waals surface area contributed by atoms with Crippen LogP contribution in [0.3, 0.4) is 0 Å². The average Bonchev–Trinajstić information content (AvgIpc) is 1.62. The van der Waals surface area contributed by atoms with Crippen molar-refractivity contribution in [3.8, 4) is 0 Å². The van der Waals surface area contributed by atoms with E-state index in [1.54, 1.807) is 0 Å². The summed E-state index contributed by atoms with van der Waals surface area (Å²) >= 11 is 20.8. The van der Waals surface area contributed by atoms with E-state index < -0.39 is 6.00 Å². The molecule has 0 bridgehead atoms. The summed E-state index contributed by atoms with van der Waals surface area (Å²) in [6.07, 6.45) is 0.825. The zero-order valence-corrected chi connectivity index (χ0v) is 8.53. The molecule has 0 N–H and O–H groups in total. The second-order valence-electron chi connectivity index (χ2n) is 1.47. The molecule has 0 aliphatic carbocycles. The van der Waals surface area contributed by atoms with Gasteiger partial charge in [-0.25, -0.2) is 0 Å². The first-order valence-electron chi connectivity index (χ1n) is 2.23. The predicted octanol–water partition coefficient (Wildman–Crippen LogP) is 2.89. The normalized spacial score (nSPS) is 16.1. The van der Waals surface area contributed by atoms with Gasteiger partial charge < -0.3 is 0 Å². The molecule has 0 aliphatic heterocycles. The molecule has 0 nitrogen and oxygen atoms in total. The molecule has 0 fully saturated rings. The van der Waals surface area contributed by atoms with Crippen LogP contribution in [0.4, 0.5) is 0 Å². The molecule has 1 unspecified atom stereocenters. The van der Waals surface area contributed by atoms with Crippen LogP contribution in [0.15, 0.2) is 0 Å². The van der Waals surface area contributed by atoms with Gasteiger partial charge in [-0.2, -0.15) is 12.6 Å². The molecular formula is C3H7Cl3SSi. The van der Waals surface area contributed by atoms with Crippen LogP contribution in [-0.2, 0) is 0 Å². The second kappa shape index (κ2) is 3.57. The molecule has 0 aromatic heterocycles. The van der Waals surface area contributed by atoms with Crippen molar-refractivity contribution in [2.24, 2.45) is 0 Å². The topological polar surface area (TPSA) is 0 Å². The van der Waals surface area contributed by atoms with Crippen LogP contribution in [-0.4, -0.2) is 10.9 Å². The van der Waals surface area contributed by atoms with Gasteiger partial charge in [-0.1, -0.05) is 6.92 Å². The molecule has 0 saturated carbocycles. The Morgan fingerprint density at radius 2 is 1.88 bits per heavy atom. The Morgan fingerprint density at radius 1 is 1.50 bits per heavy atom. The fourth-order valence-corrected chi connectivity index (χ4v) is 2.08. The molecule has 1 atom stereocenters. The lowest BCUT2D eigenvalue weighted by Gasteiger charge is -2.12. The molecule has 0 aromatic carbocycles. The van der Waals surface area contributed by atoms with Crippen LogP contribution in [0.5, 0.6) is 0 Å². The van der Waals surface area contributed by atoms with Crippen molar-refractivity contribution >= 4 is 51.9 Å². The standard InChI is InChI=1S/C3H7Cl3SSi/c1-2-3(7)8(4,5)6/h3,7H,2H2,1H3. The number of thiol groups is 1. The van der Waals surface area contributed by atoms with Gasteiger partial charge in [0.15, 0.2) is 0 Å². The Labute approximate surface area is 70.0 Å². The lowest BCUT2D eigenvalue weighted by Crippen LogP contribution is -2.24. The maximum atomic E-state index is 5.58. The van der Waals surface area contributed by atoms with E-state index in [0.29, 0.717) is 0 Å². The Morgan fingerprint density at radius 3 is 1.88 bits per heavy atom. The number of halogens is 3. The van der Waals surface area contributed by atoms with E-state index in [0.717, 1.165) is 6.42 Å². The average molecular weight is 210 g/mol. The van der Waals surface area contributed by atoms with Crippen molar-refractivity contribution < 1.29 is 0 Å². The molecular weight excluding hydrogens is 203 g/mol. The second-order valence-corrected chi connectivity index (χ2v) is 11.5. The van der Waals surface area contributed by atoms with Crippen molar-refractivity contribution in [2.45, 2.75) is 18.2 Å². The Bertz CT molecular complexity index is 71.4. The predicted molar refractivity (Wildman–Crippen MR) is 46.4 cm³/mol. The first-order valence-corrected chi connectivity index (χ1v) is 7.86. The van der Waals surface area contributed by atoms with Crippen molar-refractivity contribution in [1.29, 1.82) is 0 Å². The van der Waals surface area contributed by atoms with E-state index in [4.69, 9.17) is 33.2 Å². The van der Waals surface area contributed by atoms with E-state index in [-0.39, 0.29) is 4.87 Å². The van der Waals surface area contributed by atoms with E-state index in [2.05, 4.69) is 12.6 Å². The number of rotatable bonds is 2. The van der Waals surface area contributed by atoms with Crippen molar-refractivity contribution in [1.82, 2.24) is 0 Å². The van der Waals surface area contributed by atoms with Crippen LogP contribution in [0.2, 0.25) is 0 Å². The van der Waals surface area contributed by atoms with E-state index in [1.807, 2.05) is 6.92 Å². The highest BCUT2D eigenvalue weighted by atomic mass is 35.8. The molecule has 5 heteroatoms. The molecule has 0 saturated heterocycles. The third kappa shape index (κ3) is 3.46. The third-order valence-electron chi connectivity index (χ3n) is 0.765. The van der Waals surface area contributed by atoms with Gasteiger partial charge in [-0.3, -0.25) is 0 Å². The third-order valence-corrected chi connectivity index (χ3v) is 7.20. The first kappa shape index (κ1) is 9.44. The SMILES string of the molecule is CCC(S)[Si](Cl)(Cl)Cl. The summed E-state index contributed by atoms with van der Waals surface area (Å²) in [7, 11) is 0. The molecule has 0 aromatic rings. The lowest BCUT2D eigenvalue weighted by atomic mass is 10.6. The molecule has 0 heterocycles. The lowest BCUT2D eigenvalue weighted by molar-refractivity contribution is 1.04. The molecule has 0 rings (SSSR count). The number of hydrogen-bond donors (Lipinski definition) is 1. The monoisotopic (exact) mass is 208 g/mol. The largest absolute Gasteiger partial charge is 0.353 e. The Hall–Kier alpha value is 1.44. The molecule has 8 heavy (non-hydrogen) atoms. The van der Waals surface area contributed by atoms with Crippen LogP contribution < -0.4 is 0 Å². The fraction of sp³-hybridized carbons (Fsp3) is 1.00. The smallest absolute Gasteiger partial charge is 0.175 e. The summed E-state index contributed by atoms with van der Waals surface area (Å²) in [5.74, 6) is 0. The molecule has 0 amide bonds. The van der Waals surface area contributed by atoms with Gasteiger partial charge in [-0.05, 0) is 6.42 Å². The quantitative estimate of drug-likeness (QED) is 0.404. The summed E-state index contributed by atoms with van der Waals surface area (Å²) < 4.78 is 0. The minimum absolute atomic E-state index is 0.0208. The minimum atomic E-state index is -2.48. The molecule has 50 valence electrons. The van der Waals surface area contributed by atoms with Gasteiger partial charge in [0, 0.05) is 4.87 Å². The zero-order chi connectivity index (χ0) is 6.78. The van der Waals surface area contributed by atoms with Crippen molar-refractivity contribution in [3.63, 3.8) is 0 Å². The van der Waals surface area contributed by atoms with E-state index in [9.17, 15) is 0 Å². The Kier molecular flexibility index (Phi) is 4.21. The maximum absolute atomic E-state index is 5.58. The maximum Gasteiger partial charge on any atom is 0.353 e. The van der Waals surface area contributed by atoms with Crippen LogP contribution in [0.1, 0.15) is 13.3 Å². The van der Waals surface area contributed by atoms with Crippen LogP contribution >= 0.6 is 45.9 Å². The summed E-state index contributed by atoms with van der Waals surface area (Å²) in [6, 6.07) is -2.48. The molecule has 0 spiro atoms. The molecule has 0 aliphatic rings. The van der Waals surface area contributed by atoms with Gasteiger partial charge >= 0.3 is 6.00 Å². The summed E-state index contributed by atoms with van der Waals surface area (Å²) in [6.45, 7) is 1.95. The van der Waals surface area contributed by atoms with Gasteiger partial charge in [0.2, 0.25) is 0 Å². The highest BCUT2D eigenvalue weighted by Crippen LogP contribution is 2.29. The summed E-state index contributed by atoms with van der Waals surface area (Å²) in [5, 5.41) is 0. The first-order chi connectivity index (χ1) is 3.48. The highest BCUT2D eigenvalue weighted by Gasteiger charge is 2.32. The Balaban J connectivity index is 3.62. The minimum Gasteiger partial charge on any atom is -0.175 e. The van der Waals surface area contributed by atoms with Gasteiger partial charge in [0.05, 0.1) is 0 Å². The van der Waals surface area contributed by atoms with Gasteiger partial charge in [-0.15, -0.1) is 33.2 Å². The van der Waals surface area contributed by atoms with Crippen LogP contribution in [0, 0.1) is 0 Å². The zero-order valence-electron chi connectivity index (χ0n) is 4.37. The van der Waals surface area contributed by atoms with Crippen LogP contribution in [0.25, 0.3) is 0 Å². The summed E-state index contributed by atoms with van der Waals surface area (Å²) in [4.78, 5) is -0.0208. The van der Waals surface area contributed by atoms with E-state index >= 15 is 0 Å². The van der Waals surface area contributed by atoms with Crippen molar-refractivity contribution in [2.75, 3.05) is 0 Å². The number of hydrogen-bond acceptors (Lipinski definition) is 1. The van der Waals surface area contributed by atoms with Gasteiger partial charge in [0.1, 0.15) is 0 Å².